The summed E-state index contributed by atoms with van der Waals surface area (Å²) in [6.45, 7) is 10.9. The van der Waals surface area contributed by atoms with E-state index in [9.17, 15) is 32.3 Å². The van der Waals surface area contributed by atoms with Gasteiger partial charge in [-0.25, -0.2) is 9.78 Å². The van der Waals surface area contributed by atoms with Gasteiger partial charge in [-0.15, -0.1) is 10.2 Å². The monoisotopic (exact) mass is 902 g/mol. The minimum absolute atomic E-state index is 0.0283. The van der Waals surface area contributed by atoms with Crippen LogP contribution in [0.1, 0.15) is 91.5 Å². The molecule has 5 heterocycles. The SMILES string of the molecule is CCN(C(=O)OCc1ccc(NC(=O)[C@H](C)NC(=O)[C@@H](N)C(C)C)cc1)c1cc(C2(Cc3nncn3C)COC2)cc(N2Cc3c(cc(CN4CCC[C@H](C)C4)cc3C(F)(F)F)C2=O)n1. The Labute approximate surface area is 376 Å². The molecule has 2 saturated heterocycles. The van der Waals surface area contributed by atoms with Gasteiger partial charge in [0.2, 0.25) is 11.8 Å². The number of carbonyl (C=O) groups is 4. The molecule has 2 aromatic heterocycles. The number of aromatic nitrogens is 4. The topological polar surface area (TPSA) is 190 Å². The molecule has 4 N–H and O–H groups in total. The van der Waals surface area contributed by atoms with E-state index < -0.39 is 53.1 Å². The van der Waals surface area contributed by atoms with E-state index >= 15 is 0 Å². The molecule has 65 heavy (non-hydrogen) atoms. The molecule has 0 spiro atoms. The predicted molar refractivity (Wildman–Crippen MR) is 236 cm³/mol. The predicted octanol–water partition coefficient (Wildman–Crippen LogP) is 5.72. The van der Waals surface area contributed by atoms with Gasteiger partial charge in [0.25, 0.3) is 5.91 Å². The lowest BCUT2D eigenvalue weighted by atomic mass is 9.75. The zero-order valence-corrected chi connectivity index (χ0v) is 37.6. The Kier molecular flexibility index (Phi) is 14.0. The van der Waals surface area contributed by atoms with Crippen molar-refractivity contribution in [2.45, 2.75) is 97.3 Å². The van der Waals surface area contributed by atoms with Crippen molar-refractivity contribution in [2.75, 3.05) is 48.0 Å². The molecule has 2 fully saturated rings. The minimum atomic E-state index is -4.72. The van der Waals surface area contributed by atoms with Gasteiger partial charge < -0.3 is 30.4 Å². The van der Waals surface area contributed by atoms with E-state index in [0.717, 1.165) is 32.0 Å². The van der Waals surface area contributed by atoms with Crippen molar-refractivity contribution >= 4 is 41.1 Å². The zero-order chi connectivity index (χ0) is 46.8. The summed E-state index contributed by atoms with van der Waals surface area (Å²) in [7, 11) is 1.82. The zero-order valence-electron chi connectivity index (χ0n) is 37.6. The van der Waals surface area contributed by atoms with Crippen molar-refractivity contribution in [3.63, 3.8) is 0 Å². The average Bonchev–Trinajstić information content (AvgIpc) is 3.81. The molecule has 7 rings (SSSR count). The Morgan fingerprint density at radius 3 is 2.42 bits per heavy atom. The standard InChI is InChI=1S/C46H57F3N10O6/c1-7-58(44(63)65-23-30-10-12-33(13-11-30)53-41(60)29(5)52-42(61)40(50)27(2)3)37-17-32(45(24-64-25-45)19-39-55-51-26-56(39)6)18-38(54-37)59-22-35-34(43(59)62)15-31(16-36(35)46(47,48)49)21-57-14-8-9-28(4)20-57/h10-13,15-18,26-29,40H,7-9,14,19-25,50H2,1-6H3,(H,52,61)(H,53,60)/t28-,29-,40-/m0/s1. The number of hydrogen-bond acceptors (Lipinski definition) is 11. The van der Waals surface area contributed by atoms with Crippen LogP contribution in [0.4, 0.5) is 35.3 Å². The number of hydrogen-bond donors (Lipinski definition) is 3. The van der Waals surface area contributed by atoms with E-state index in [1.54, 1.807) is 67.2 Å². The molecule has 0 saturated carbocycles. The Morgan fingerprint density at radius 2 is 1.80 bits per heavy atom. The molecule has 0 radical (unpaired) electrons. The molecule has 0 bridgehead atoms. The first-order chi connectivity index (χ1) is 30.8. The molecule has 0 aliphatic carbocycles. The summed E-state index contributed by atoms with van der Waals surface area (Å²) >= 11 is 0. The number of likely N-dealkylation sites (tertiary alicyclic amines) is 1. The number of halogens is 3. The lowest BCUT2D eigenvalue weighted by molar-refractivity contribution is -0.138. The molecule has 4 aromatic rings. The van der Waals surface area contributed by atoms with E-state index in [4.69, 9.17) is 20.2 Å². The fourth-order valence-corrected chi connectivity index (χ4v) is 8.48. The van der Waals surface area contributed by atoms with Crippen molar-refractivity contribution in [2.24, 2.45) is 24.6 Å². The number of nitrogens with zero attached hydrogens (tertiary/aromatic N) is 7. The van der Waals surface area contributed by atoms with Crippen LogP contribution in [-0.2, 0) is 63.8 Å². The van der Waals surface area contributed by atoms with Crippen molar-refractivity contribution < 1.29 is 41.8 Å². The van der Waals surface area contributed by atoms with Gasteiger partial charge in [0.15, 0.2) is 0 Å². The van der Waals surface area contributed by atoms with Crippen molar-refractivity contribution in [3.05, 3.63) is 94.1 Å². The third kappa shape index (κ3) is 10.5. The highest BCUT2D eigenvalue weighted by Crippen LogP contribution is 2.43. The Morgan fingerprint density at radius 1 is 1.06 bits per heavy atom. The smallest absolute Gasteiger partial charge is 0.416 e. The van der Waals surface area contributed by atoms with E-state index in [-0.39, 0.29) is 61.6 Å². The summed E-state index contributed by atoms with van der Waals surface area (Å²) in [5.74, 6) is -0.321. The number of amides is 4. The highest BCUT2D eigenvalue weighted by atomic mass is 19.4. The number of nitrogens with two attached hydrogens (primary N) is 1. The van der Waals surface area contributed by atoms with Crippen LogP contribution in [0.15, 0.2) is 54.9 Å². The van der Waals surface area contributed by atoms with Gasteiger partial charge >= 0.3 is 12.3 Å². The van der Waals surface area contributed by atoms with Gasteiger partial charge in [-0.05, 0) is 104 Å². The van der Waals surface area contributed by atoms with Crippen LogP contribution in [0.2, 0.25) is 0 Å². The third-order valence-corrected chi connectivity index (χ3v) is 12.5. The van der Waals surface area contributed by atoms with Gasteiger partial charge in [-0.3, -0.25) is 29.1 Å². The lowest BCUT2D eigenvalue weighted by Gasteiger charge is -2.42. The molecule has 0 unspecified atom stereocenters. The quantitative estimate of drug-likeness (QED) is 0.132. The van der Waals surface area contributed by atoms with E-state index in [1.807, 2.05) is 20.9 Å². The molecular formula is C46H57F3N10O6. The van der Waals surface area contributed by atoms with Crippen LogP contribution < -0.4 is 26.2 Å². The van der Waals surface area contributed by atoms with Crippen molar-refractivity contribution in [3.8, 4) is 0 Å². The average molecular weight is 903 g/mol. The second-order valence-electron chi connectivity index (χ2n) is 17.9. The van der Waals surface area contributed by atoms with E-state index in [1.165, 1.54) is 9.80 Å². The maximum Gasteiger partial charge on any atom is 0.416 e. The second-order valence-corrected chi connectivity index (χ2v) is 17.9. The van der Waals surface area contributed by atoms with Gasteiger partial charge in [0.05, 0.1) is 31.4 Å². The second kappa shape index (κ2) is 19.3. The molecule has 2 aromatic carbocycles. The van der Waals surface area contributed by atoms with Crippen LogP contribution in [-0.4, -0.2) is 93.4 Å². The third-order valence-electron chi connectivity index (χ3n) is 12.5. The van der Waals surface area contributed by atoms with Crippen LogP contribution in [0.3, 0.4) is 0 Å². The van der Waals surface area contributed by atoms with Crippen LogP contribution in [0.25, 0.3) is 0 Å². The van der Waals surface area contributed by atoms with Crippen molar-refractivity contribution in [1.29, 1.82) is 0 Å². The number of alkyl halides is 3. The highest BCUT2D eigenvalue weighted by molar-refractivity contribution is 6.10. The van der Waals surface area contributed by atoms with E-state index in [0.29, 0.717) is 47.1 Å². The molecule has 19 heteroatoms. The first kappa shape index (κ1) is 47.1. The summed E-state index contributed by atoms with van der Waals surface area (Å²) in [4.78, 5) is 62.9. The number of benzene rings is 2. The summed E-state index contributed by atoms with van der Waals surface area (Å²) < 4.78 is 57.7. The first-order valence-corrected chi connectivity index (χ1v) is 22.0. The number of fused-ring (bicyclic) bond motifs is 1. The summed E-state index contributed by atoms with van der Waals surface area (Å²) in [6, 6.07) is 11.2. The maximum atomic E-state index is 14.8. The number of piperidine rings is 1. The molecular weight excluding hydrogens is 846 g/mol. The number of anilines is 3. The maximum absolute atomic E-state index is 14.8. The van der Waals surface area contributed by atoms with Gasteiger partial charge in [-0.1, -0.05) is 32.9 Å². The Balaban J connectivity index is 1.14. The number of rotatable bonds is 15. The summed E-state index contributed by atoms with van der Waals surface area (Å²) in [5.41, 5.74) is 6.32. The number of carbonyl (C=O) groups excluding carboxylic acids is 4. The Bertz CT molecular complexity index is 2400. The largest absolute Gasteiger partial charge is 0.444 e. The van der Waals surface area contributed by atoms with Crippen LogP contribution in [0, 0.1) is 11.8 Å². The lowest BCUT2D eigenvalue weighted by Crippen LogP contribution is -2.50. The van der Waals surface area contributed by atoms with Crippen LogP contribution >= 0.6 is 0 Å². The number of aryl methyl sites for hydroxylation is 1. The summed E-state index contributed by atoms with van der Waals surface area (Å²) in [5, 5.41) is 13.7. The first-order valence-electron chi connectivity index (χ1n) is 22.0. The molecule has 348 valence electrons. The number of nitrogens with one attached hydrogen (secondary N) is 2. The molecule has 3 atom stereocenters. The highest BCUT2D eigenvalue weighted by Gasteiger charge is 2.45. The molecule has 16 nitrogen and oxygen atoms in total. The molecule has 3 aliphatic heterocycles. The minimum Gasteiger partial charge on any atom is -0.444 e. The fraction of sp³-hybridized carbons (Fsp3) is 0.500. The molecule has 3 aliphatic rings. The Hall–Kier alpha value is -5.92. The van der Waals surface area contributed by atoms with Gasteiger partial charge in [0.1, 0.15) is 36.4 Å². The number of pyridine rings is 1. The fourth-order valence-electron chi connectivity index (χ4n) is 8.48. The normalized spacial score (nSPS) is 18.2. The summed E-state index contributed by atoms with van der Waals surface area (Å²) in [6.07, 6.45) is -1.50. The number of ether oxygens (including phenoxy) is 2. The van der Waals surface area contributed by atoms with Gasteiger partial charge in [-0.2, -0.15) is 13.2 Å². The molecule has 4 amide bonds. The van der Waals surface area contributed by atoms with Gasteiger partial charge in [0, 0.05) is 49.8 Å². The van der Waals surface area contributed by atoms with Crippen LogP contribution in [0.5, 0.6) is 0 Å². The van der Waals surface area contributed by atoms with Crippen molar-refractivity contribution in [1.82, 2.24) is 30.0 Å². The van der Waals surface area contributed by atoms with E-state index in [2.05, 4.69) is 32.7 Å².